The van der Waals surface area contributed by atoms with Crippen LogP contribution in [0.1, 0.15) is 45.4 Å². The van der Waals surface area contributed by atoms with Gasteiger partial charge in [0.2, 0.25) is 11.8 Å². The van der Waals surface area contributed by atoms with E-state index in [0.29, 0.717) is 13.0 Å². The molecule has 2 aliphatic rings. The maximum absolute atomic E-state index is 13.7. The summed E-state index contributed by atoms with van der Waals surface area (Å²) >= 11 is 0. The van der Waals surface area contributed by atoms with Gasteiger partial charge in [-0.05, 0) is 38.3 Å². The molecule has 4 nitrogen and oxygen atoms in total. The van der Waals surface area contributed by atoms with Gasteiger partial charge >= 0.3 is 0 Å². The summed E-state index contributed by atoms with van der Waals surface area (Å²) in [5.41, 5.74) is -1.03. The van der Waals surface area contributed by atoms with Crippen molar-refractivity contribution in [2.24, 2.45) is 5.92 Å². The predicted molar refractivity (Wildman–Crippen MR) is 86.3 cm³/mol. The van der Waals surface area contributed by atoms with Crippen LogP contribution in [0.5, 0.6) is 0 Å². The van der Waals surface area contributed by atoms with Gasteiger partial charge in [0, 0.05) is 18.5 Å². The molecule has 1 aliphatic carbocycles. The fourth-order valence-electron chi connectivity index (χ4n) is 3.57. The normalized spacial score (nSPS) is 24.4. The Morgan fingerprint density at radius 2 is 1.92 bits per heavy atom. The third-order valence-corrected chi connectivity index (χ3v) is 5.31. The van der Waals surface area contributed by atoms with E-state index in [1.807, 2.05) is 0 Å². The molecule has 2 amide bonds. The molecule has 130 valence electrons. The van der Waals surface area contributed by atoms with Crippen LogP contribution in [0.2, 0.25) is 0 Å². The number of nitrogens with one attached hydrogen (secondary N) is 1. The minimum Gasteiger partial charge on any atom is -0.328 e. The summed E-state index contributed by atoms with van der Waals surface area (Å²) in [6.45, 7) is 2.25. The van der Waals surface area contributed by atoms with Gasteiger partial charge in [0.15, 0.2) is 0 Å². The first-order valence-electron chi connectivity index (χ1n) is 8.50. The number of nitrogens with zero attached hydrogens (tertiary/aromatic N) is 1. The van der Waals surface area contributed by atoms with Crippen molar-refractivity contribution in [3.05, 3.63) is 29.8 Å². The summed E-state index contributed by atoms with van der Waals surface area (Å²) < 4.78 is 26.7. The molecule has 1 unspecified atom stereocenters. The van der Waals surface area contributed by atoms with Crippen molar-refractivity contribution in [2.45, 2.75) is 51.0 Å². The van der Waals surface area contributed by atoms with Crippen LogP contribution >= 0.6 is 0 Å². The zero-order valence-electron chi connectivity index (χ0n) is 13.8. The number of halogens is 2. The predicted octanol–water partition coefficient (Wildman–Crippen LogP) is 3.47. The Hall–Kier alpha value is -1.98. The molecule has 1 atom stereocenters. The third-order valence-electron chi connectivity index (χ3n) is 5.31. The van der Waals surface area contributed by atoms with E-state index in [-0.39, 0.29) is 17.5 Å². The van der Waals surface area contributed by atoms with Crippen molar-refractivity contribution in [2.75, 3.05) is 11.9 Å². The summed E-state index contributed by atoms with van der Waals surface area (Å²) in [6, 6.07) is 3.01. The van der Waals surface area contributed by atoms with Crippen molar-refractivity contribution in [3.63, 3.8) is 0 Å². The molecule has 0 spiro atoms. The molecule has 1 heterocycles. The minimum atomic E-state index is -0.963. The molecule has 24 heavy (non-hydrogen) atoms. The Bertz CT molecular complexity index is 658. The van der Waals surface area contributed by atoms with Gasteiger partial charge in [0.05, 0.1) is 5.69 Å². The van der Waals surface area contributed by atoms with Crippen molar-refractivity contribution < 1.29 is 18.4 Å². The van der Waals surface area contributed by atoms with Gasteiger partial charge in [-0.3, -0.25) is 9.59 Å². The van der Waals surface area contributed by atoms with E-state index in [1.165, 1.54) is 6.07 Å². The van der Waals surface area contributed by atoms with E-state index in [1.54, 1.807) is 11.8 Å². The summed E-state index contributed by atoms with van der Waals surface area (Å²) in [5, 5.41) is 2.49. The van der Waals surface area contributed by atoms with Gasteiger partial charge in [0.1, 0.15) is 17.2 Å². The monoisotopic (exact) mass is 336 g/mol. The first-order valence-corrected chi connectivity index (χ1v) is 8.50. The van der Waals surface area contributed by atoms with Crippen LogP contribution < -0.4 is 5.32 Å². The van der Waals surface area contributed by atoms with Crippen LogP contribution in [-0.4, -0.2) is 28.8 Å². The lowest BCUT2D eigenvalue weighted by Gasteiger charge is -2.50. The van der Waals surface area contributed by atoms with Crippen LogP contribution in [0, 0.1) is 17.6 Å². The Morgan fingerprint density at radius 3 is 2.50 bits per heavy atom. The average molecular weight is 336 g/mol. The number of amides is 2. The first-order chi connectivity index (χ1) is 11.4. The molecular weight excluding hydrogens is 314 g/mol. The van der Waals surface area contributed by atoms with E-state index in [2.05, 4.69) is 5.32 Å². The highest BCUT2D eigenvalue weighted by molar-refractivity contribution is 6.01. The Morgan fingerprint density at radius 1 is 1.21 bits per heavy atom. The topological polar surface area (TPSA) is 49.4 Å². The molecule has 0 aromatic heterocycles. The van der Waals surface area contributed by atoms with Crippen LogP contribution in [0.25, 0.3) is 0 Å². The van der Waals surface area contributed by atoms with Gasteiger partial charge in [-0.2, -0.15) is 0 Å². The average Bonchev–Trinajstić information content (AvgIpc) is 2.56. The standard InChI is InChI=1S/C18H22F2N2O2/c1-18(17(24)21-15-8-7-13(19)11-14(15)20)9-10-22(18)16(23)12-5-3-2-4-6-12/h7-8,11-12H,2-6,9-10H2,1H3,(H,21,24). The third kappa shape index (κ3) is 3.01. The van der Waals surface area contributed by atoms with Gasteiger partial charge < -0.3 is 10.2 Å². The van der Waals surface area contributed by atoms with Crippen LogP contribution in [0.15, 0.2) is 18.2 Å². The first kappa shape index (κ1) is 16.9. The Kier molecular flexibility index (Phi) is 4.56. The molecule has 1 aliphatic heterocycles. The van der Waals surface area contributed by atoms with E-state index < -0.39 is 23.1 Å². The second-order valence-corrected chi connectivity index (χ2v) is 6.93. The maximum atomic E-state index is 13.7. The molecule has 3 rings (SSSR count). The lowest BCUT2D eigenvalue weighted by atomic mass is 9.81. The van der Waals surface area contributed by atoms with E-state index in [0.717, 1.165) is 44.2 Å². The lowest BCUT2D eigenvalue weighted by Crippen LogP contribution is -2.67. The summed E-state index contributed by atoms with van der Waals surface area (Å²) in [5.74, 6) is -1.93. The Balaban J connectivity index is 1.70. The van der Waals surface area contributed by atoms with Crippen molar-refractivity contribution >= 4 is 17.5 Å². The largest absolute Gasteiger partial charge is 0.328 e. The minimum absolute atomic E-state index is 0.00580. The molecule has 0 bridgehead atoms. The molecule has 6 heteroatoms. The Labute approximate surface area is 140 Å². The number of hydrogen-bond donors (Lipinski definition) is 1. The molecule has 0 radical (unpaired) electrons. The second kappa shape index (κ2) is 6.49. The number of carbonyl (C=O) groups is 2. The molecule has 1 aromatic carbocycles. The molecule has 1 saturated carbocycles. The molecule has 1 aromatic rings. The highest BCUT2D eigenvalue weighted by atomic mass is 19.1. The van der Waals surface area contributed by atoms with Crippen LogP contribution in [0.3, 0.4) is 0 Å². The van der Waals surface area contributed by atoms with Gasteiger partial charge in [-0.25, -0.2) is 8.78 Å². The number of hydrogen-bond acceptors (Lipinski definition) is 2. The zero-order valence-corrected chi connectivity index (χ0v) is 13.8. The van der Waals surface area contributed by atoms with E-state index in [9.17, 15) is 18.4 Å². The van der Waals surface area contributed by atoms with Crippen LogP contribution in [0.4, 0.5) is 14.5 Å². The highest BCUT2D eigenvalue weighted by Gasteiger charge is 2.50. The van der Waals surface area contributed by atoms with Crippen molar-refractivity contribution in [3.8, 4) is 0 Å². The lowest BCUT2D eigenvalue weighted by molar-refractivity contribution is -0.158. The number of likely N-dealkylation sites (tertiary alicyclic amines) is 1. The van der Waals surface area contributed by atoms with Gasteiger partial charge in [0.25, 0.3) is 0 Å². The van der Waals surface area contributed by atoms with E-state index in [4.69, 9.17) is 0 Å². The SMILES string of the molecule is CC1(C(=O)Nc2ccc(F)cc2F)CCN1C(=O)C1CCCCC1. The molecule has 1 N–H and O–H groups in total. The summed E-state index contributed by atoms with van der Waals surface area (Å²) in [4.78, 5) is 26.9. The molecule has 1 saturated heterocycles. The summed E-state index contributed by atoms with van der Waals surface area (Å²) in [7, 11) is 0. The highest BCUT2D eigenvalue weighted by Crippen LogP contribution is 2.36. The van der Waals surface area contributed by atoms with Crippen LogP contribution in [-0.2, 0) is 9.59 Å². The number of rotatable bonds is 3. The number of benzene rings is 1. The maximum Gasteiger partial charge on any atom is 0.250 e. The second-order valence-electron chi connectivity index (χ2n) is 6.93. The van der Waals surface area contributed by atoms with Gasteiger partial charge in [-0.1, -0.05) is 19.3 Å². The van der Waals surface area contributed by atoms with Gasteiger partial charge in [-0.15, -0.1) is 0 Å². The quantitative estimate of drug-likeness (QED) is 0.919. The number of anilines is 1. The summed E-state index contributed by atoms with van der Waals surface area (Å²) in [6.07, 6.45) is 5.55. The zero-order chi connectivity index (χ0) is 17.3. The van der Waals surface area contributed by atoms with E-state index >= 15 is 0 Å². The number of carbonyl (C=O) groups excluding carboxylic acids is 2. The van der Waals surface area contributed by atoms with Crippen molar-refractivity contribution in [1.29, 1.82) is 0 Å². The fourth-order valence-corrected chi connectivity index (χ4v) is 3.57. The fraction of sp³-hybridized carbons (Fsp3) is 0.556. The molecular formula is C18H22F2N2O2. The van der Waals surface area contributed by atoms with Crippen molar-refractivity contribution in [1.82, 2.24) is 4.90 Å². The smallest absolute Gasteiger partial charge is 0.250 e. The molecule has 2 fully saturated rings.